The van der Waals surface area contributed by atoms with Crippen LogP contribution in [-0.2, 0) is 16.4 Å². The highest BCUT2D eigenvalue weighted by molar-refractivity contribution is 7.89. The van der Waals surface area contributed by atoms with Crippen molar-refractivity contribution in [2.24, 2.45) is 0 Å². The number of benzene rings is 1. The van der Waals surface area contributed by atoms with Gasteiger partial charge in [-0.3, -0.25) is 0 Å². The molecule has 1 aromatic heterocycles. The van der Waals surface area contributed by atoms with E-state index in [2.05, 4.69) is 14.3 Å². The van der Waals surface area contributed by atoms with Gasteiger partial charge in [0.05, 0.1) is 5.75 Å². The molecular formula is C15H19FN4O2S2. The van der Waals surface area contributed by atoms with E-state index < -0.39 is 10.0 Å². The number of halogens is 1. The molecule has 0 N–H and O–H groups in total. The van der Waals surface area contributed by atoms with Gasteiger partial charge in [-0.15, -0.1) is 0 Å². The number of anilines is 1. The van der Waals surface area contributed by atoms with Crippen molar-refractivity contribution in [2.45, 2.75) is 13.3 Å². The van der Waals surface area contributed by atoms with Gasteiger partial charge >= 0.3 is 0 Å². The molecule has 1 aliphatic rings. The van der Waals surface area contributed by atoms with Gasteiger partial charge in [-0.2, -0.15) is 8.68 Å². The zero-order valence-electron chi connectivity index (χ0n) is 13.4. The third kappa shape index (κ3) is 3.90. The summed E-state index contributed by atoms with van der Waals surface area (Å²) in [6.45, 7) is 3.84. The molecule has 2 heterocycles. The molecule has 0 radical (unpaired) electrons. The Morgan fingerprint density at radius 2 is 1.83 bits per heavy atom. The van der Waals surface area contributed by atoms with E-state index in [0.29, 0.717) is 38.4 Å². The summed E-state index contributed by atoms with van der Waals surface area (Å²) in [4.78, 5) is 6.59. The van der Waals surface area contributed by atoms with Crippen LogP contribution in [0.15, 0.2) is 24.3 Å². The molecule has 6 nitrogen and oxygen atoms in total. The number of sulfonamides is 1. The van der Waals surface area contributed by atoms with Crippen molar-refractivity contribution in [3.63, 3.8) is 0 Å². The predicted octanol–water partition coefficient (Wildman–Crippen LogP) is 1.74. The fourth-order valence-corrected chi connectivity index (χ4v) is 4.39. The molecular weight excluding hydrogens is 351 g/mol. The largest absolute Gasteiger partial charge is 0.344 e. The Bertz CT molecular complexity index is 784. The number of hydrogen-bond donors (Lipinski definition) is 0. The summed E-state index contributed by atoms with van der Waals surface area (Å²) in [6, 6.07) is 6.31. The van der Waals surface area contributed by atoms with E-state index in [1.807, 2.05) is 0 Å². The Morgan fingerprint density at radius 3 is 2.46 bits per heavy atom. The number of piperazine rings is 1. The van der Waals surface area contributed by atoms with Gasteiger partial charge in [-0.25, -0.2) is 17.8 Å². The van der Waals surface area contributed by atoms with Gasteiger partial charge in [-0.05, 0) is 24.6 Å². The lowest BCUT2D eigenvalue weighted by molar-refractivity contribution is 0.385. The molecule has 1 aromatic carbocycles. The molecule has 9 heteroatoms. The summed E-state index contributed by atoms with van der Waals surface area (Å²) in [6.07, 6.45) is 0.557. The van der Waals surface area contributed by atoms with E-state index in [1.165, 1.54) is 28.0 Å². The number of hydrogen-bond acceptors (Lipinski definition) is 6. The number of rotatable bonds is 5. The Kier molecular flexibility index (Phi) is 5.12. The monoisotopic (exact) mass is 370 g/mol. The zero-order chi connectivity index (χ0) is 17.2. The Hall–Kier alpha value is -1.58. The summed E-state index contributed by atoms with van der Waals surface area (Å²) in [7, 11) is -3.12. The molecule has 130 valence electrons. The maximum atomic E-state index is 12.9. The third-order valence-corrected chi connectivity index (χ3v) is 6.70. The van der Waals surface area contributed by atoms with Crippen LogP contribution in [0.4, 0.5) is 9.52 Å². The average Bonchev–Trinajstić information content (AvgIpc) is 3.05. The molecule has 0 aliphatic carbocycles. The number of nitrogens with zero attached hydrogens (tertiary/aromatic N) is 4. The van der Waals surface area contributed by atoms with Crippen LogP contribution in [0.25, 0.3) is 0 Å². The highest BCUT2D eigenvalue weighted by Gasteiger charge is 2.26. The Balaban J connectivity index is 1.61. The molecule has 1 fully saturated rings. The average molecular weight is 370 g/mol. The van der Waals surface area contributed by atoms with E-state index in [4.69, 9.17) is 0 Å². The summed E-state index contributed by atoms with van der Waals surface area (Å²) in [5.74, 6) is 0.573. The van der Waals surface area contributed by atoms with Crippen molar-refractivity contribution in [2.75, 3.05) is 36.8 Å². The van der Waals surface area contributed by atoms with Crippen LogP contribution >= 0.6 is 11.5 Å². The molecule has 0 saturated carbocycles. The molecule has 2 aromatic rings. The second-order valence-corrected chi connectivity index (χ2v) is 8.57. The van der Waals surface area contributed by atoms with Gasteiger partial charge in [0.2, 0.25) is 15.2 Å². The lowest BCUT2D eigenvalue weighted by Gasteiger charge is -2.33. The zero-order valence-corrected chi connectivity index (χ0v) is 15.0. The number of aromatic nitrogens is 2. The van der Waals surface area contributed by atoms with E-state index in [1.54, 1.807) is 19.1 Å². The maximum Gasteiger partial charge on any atom is 0.213 e. The molecule has 0 amide bonds. The summed E-state index contributed by atoms with van der Waals surface area (Å²) < 4.78 is 42.6. The minimum atomic E-state index is -3.12. The molecule has 0 bridgehead atoms. The summed E-state index contributed by atoms with van der Waals surface area (Å²) in [5.41, 5.74) is 0.958. The first-order chi connectivity index (χ1) is 11.5. The highest BCUT2D eigenvalue weighted by atomic mass is 32.2. The van der Waals surface area contributed by atoms with Gasteiger partial charge < -0.3 is 4.90 Å². The lowest BCUT2D eigenvalue weighted by atomic mass is 10.1. The van der Waals surface area contributed by atoms with Crippen molar-refractivity contribution in [3.05, 3.63) is 41.5 Å². The standard InChI is InChI=1S/C15H19FN4O2S2/c1-2-24(21,22)20-9-7-19(8-10-20)15-17-14(18-23-15)11-12-3-5-13(16)6-4-12/h3-6H,2,7-11H2,1H3. The van der Waals surface area contributed by atoms with E-state index in [9.17, 15) is 12.8 Å². The van der Waals surface area contributed by atoms with Gasteiger partial charge in [0.1, 0.15) is 11.6 Å². The Morgan fingerprint density at radius 1 is 1.17 bits per heavy atom. The second-order valence-electron chi connectivity index (χ2n) is 5.58. The van der Waals surface area contributed by atoms with Crippen molar-refractivity contribution in [1.29, 1.82) is 0 Å². The maximum absolute atomic E-state index is 12.9. The van der Waals surface area contributed by atoms with Crippen LogP contribution in [0.1, 0.15) is 18.3 Å². The van der Waals surface area contributed by atoms with Crippen LogP contribution in [0.2, 0.25) is 0 Å². The fourth-order valence-electron chi connectivity index (χ4n) is 2.57. The first-order valence-electron chi connectivity index (χ1n) is 7.78. The summed E-state index contributed by atoms with van der Waals surface area (Å²) >= 11 is 1.32. The molecule has 0 spiro atoms. The summed E-state index contributed by atoms with van der Waals surface area (Å²) in [5, 5.41) is 0.806. The molecule has 3 rings (SSSR count). The second kappa shape index (κ2) is 7.12. The minimum Gasteiger partial charge on any atom is -0.344 e. The van der Waals surface area contributed by atoms with E-state index in [0.717, 1.165) is 10.7 Å². The van der Waals surface area contributed by atoms with Gasteiger partial charge in [0.15, 0.2) is 0 Å². The fraction of sp³-hybridized carbons (Fsp3) is 0.467. The molecule has 1 aliphatic heterocycles. The van der Waals surface area contributed by atoms with Crippen molar-refractivity contribution in [3.8, 4) is 0 Å². The minimum absolute atomic E-state index is 0.133. The van der Waals surface area contributed by atoms with Crippen LogP contribution in [0.5, 0.6) is 0 Å². The van der Waals surface area contributed by atoms with Gasteiger partial charge in [0.25, 0.3) is 0 Å². The van der Waals surface area contributed by atoms with E-state index >= 15 is 0 Å². The first-order valence-corrected chi connectivity index (χ1v) is 10.2. The topological polar surface area (TPSA) is 66.4 Å². The normalized spacial score (nSPS) is 16.5. The van der Waals surface area contributed by atoms with Crippen LogP contribution in [-0.4, -0.2) is 54.0 Å². The molecule has 0 unspecified atom stereocenters. The van der Waals surface area contributed by atoms with Gasteiger partial charge in [0, 0.05) is 44.1 Å². The molecule has 0 atom stereocenters. The smallest absolute Gasteiger partial charge is 0.213 e. The SMILES string of the molecule is CCS(=O)(=O)N1CCN(c2nc(Cc3ccc(F)cc3)ns2)CC1. The van der Waals surface area contributed by atoms with E-state index in [-0.39, 0.29) is 11.6 Å². The van der Waals surface area contributed by atoms with Crippen LogP contribution in [0.3, 0.4) is 0 Å². The van der Waals surface area contributed by atoms with Crippen molar-refractivity contribution < 1.29 is 12.8 Å². The molecule has 24 heavy (non-hydrogen) atoms. The van der Waals surface area contributed by atoms with Crippen LogP contribution < -0.4 is 4.90 Å². The first kappa shape index (κ1) is 17.2. The van der Waals surface area contributed by atoms with Crippen molar-refractivity contribution >= 4 is 26.7 Å². The predicted molar refractivity (Wildman–Crippen MR) is 92.4 cm³/mol. The third-order valence-electron chi connectivity index (χ3n) is 4.00. The van der Waals surface area contributed by atoms with Crippen LogP contribution in [0, 0.1) is 5.82 Å². The highest BCUT2D eigenvalue weighted by Crippen LogP contribution is 2.21. The molecule has 1 saturated heterocycles. The van der Waals surface area contributed by atoms with Crippen molar-refractivity contribution in [1.82, 2.24) is 13.7 Å². The lowest BCUT2D eigenvalue weighted by Crippen LogP contribution is -2.49. The quantitative estimate of drug-likeness (QED) is 0.802. The Labute approximate surface area is 145 Å². The van der Waals surface area contributed by atoms with Gasteiger partial charge in [-0.1, -0.05) is 12.1 Å².